The largest absolute Gasteiger partial charge is 0.450 e. The minimum atomic E-state index is -3.58. The van der Waals surface area contributed by atoms with E-state index in [2.05, 4.69) is 0 Å². The Bertz CT molecular complexity index is 651. The zero-order chi connectivity index (χ0) is 20.1. The highest BCUT2D eigenvalue weighted by atomic mass is 32.2. The zero-order valence-corrected chi connectivity index (χ0v) is 17.2. The molecule has 0 N–H and O–H groups in total. The van der Waals surface area contributed by atoms with Gasteiger partial charge in [-0.25, -0.2) is 4.79 Å². The van der Waals surface area contributed by atoms with Crippen LogP contribution in [0.3, 0.4) is 0 Å². The molecule has 0 aromatic rings. The van der Waals surface area contributed by atoms with E-state index in [1.807, 2.05) is 4.90 Å². The molecule has 3 aliphatic heterocycles. The van der Waals surface area contributed by atoms with Gasteiger partial charge < -0.3 is 19.3 Å². The fraction of sp³-hybridized carbons (Fsp3) is 0.882. The SMILES string of the molecule is CCOC(=O)N1CCN(S(=O)(=O)N2CCC(C(=O)N3CCOCC3)CC2)CC1. The molecule has 0 radical (unpaired) electrons. The number of nitrogens with zero attached hydrogens (tertiary/aromatic N) is 4. The molecule has 3 saturated heterocycles. The molecule has 11 heteroatoms. The molecule has 0 atom stereocenters. The molecule has 0 saturated carbocycles. The second-order valence-electron chi connectivity index (χ2n) is 7.20. The van der Waals surface area contributed by atoms with Crippen LogP contribution in [0, 0.1) is 5.92 Å². The lowest BCUT2D eigenvalue weighted by atomic mass is 9.96. The second kappa shape index (κ2) is 9.38. The molecular weight excluding hydrogens is 388 g/mol. The molecule has 3 heterocycles. The third-order valence-corrected chi connectivity index (χ3v) is 7.58. The first kappa shape index (κ1) is 21.3. The molecule has 3 rings (SSSR count). The van der Waals surface area contributed by atoms with Crippen molar-refractivity contribution in [3.8, 4) is 0 Å². The molecule has 0 aromatic heterocycles. The molecule has 160 valence electrons. The minimum Gasteiger partial charge on any atom is -0.450 e. The Balaban J connectivity index is 1.49. The first-order valence-corrected chi connectivity index (χ1v) is 11.4. The van der Waals surface area contributed by atoms with Gasteiger partial charge in [-0.1, -0.05) is 0 Å². The Labute approximate surface area is 166 Å². The summed E-state index contributed by atoms with van der Waals surface area (Å²) < 4.78 is 39.0. The van der Waals surface area contributed by atoms with E-state index >= 15 is 0 Å². The van der Waals surface area contributed by atoms with Crippen LogP contribution in [0.2, 0.25) is 0 Å². The Morgan fingerprint density at radius 2 is 1.46 bits per heavy atom. The number of hydrogen-bond donors (Lipinski definition) is 0. The van der Waals surface area contributed by atoms with Crippen molar-refractivity contribution in [3.63, 3.8) is 0 Å². The van der Waals surface area contributed by atoms with E-state index in [1.165, 1.54) is 13.5 Å². The molecule has 0 aromatic carbocycles. The van der Waals surface area contributed by atoms with Gasteiger partial charge in [0, 0.05) is 58.3 Å². The van der Waals surface area contributed by atoms with Crippen LogP contribution in [0.1, 0.15) is 19.8 Å². The van der Waals surface area contributed by atoms with Crippen LogP contribution in [0.15, 0.2) is 0 Å². The average molecular weight is 419 g/mol. The number of carbonyl (C=O) groups is 2. The van der Waals surface area contributed by atoms with Gasteiger partial charge in [-0.2, -0.15) is 17.0 Å². The number of hydrogen-bond acceptors (Lipinski definition) is 6. The Kier molecular flexibility index (Phi) is 7.13. The normalized spacial score (nSPS) is 23.6. The van der Waals surface area contributed by atoms with E-state index in [0.717, 1.165) is 0 Å². The van der Waals surface area contributed by atoms with Gasteiger partial charge >= 0.3 is 6.09 Å². The summed E-state index contributed by atoms with van der Waals surface area (Å²) in [5, 5.41) is 0. The minimum absolute atomic E-state index is 0.114. The molecule has 0 aliphatic carbocycles. The summed E-state index contributed by atoms with van der Waals surface area (Å²) in [7, 11) is -3.58. The van der Waals surface area contributed by atoms with Crippen LogP contribution in [0.5, 0.6) is 0 Å². The summed E-state index contributed by atoms with van der Waals surface area (Å²) in [6, 6.07) is 0. The van der Waals surface area contributed by atoms with E-state index in [-0.39, 0.29) is 24.9 Å². The Hall–Kier alpha value is -1.43. The van der Waals surface area contributed by atoms with Crippen LogP contribution in [0.4, 0.5) is 4.79 Å². The third kappa shape index (κ3) is 4.76. The van der Waals surface area contributed by atoms with Gasteiger partial charge in [-0.3, -0.25) is 4.79 Å². The van der Waals surface area contributed by atoms with Gasteiger partial charge in [-0.15, -0.1) is 0 Å². The average Bonchev–Trinajstić information content (AvgIpc) is 2.74. The van der Waals surface area contributed by atoms with Crippen molar-refractivity contribution in [2.75, 3.05) is 72.2 Å². The van der Waals surface area contributed by atoms with Crippen molar-refractivity contribution >= 4 is 22.2 Å². The molecule has 0 bridgehead atoms. The first-order chi connectivity index (χ1) is 13.4. The molecule has 3 fully saturated rings. The maximum atomic E-state index is 12.9. The van der Waals surface area contributed by atoms with Gasteiger partial charge in [0.25, 0.3) is 10.2 Å². The van der Waals surface area contributed by atoms with Crippen molar-refractivity contribution in [2.24, 2.45) is 5.92 Å². The van der Waals surface area contributed by atoms with Gasteiger partial charge in [-0.05, 0) is 19.8 Å². The molecule has 2 amide bonds. The van der Waals surface area contributed by atoms with E-state index in [4.69, 9.17) is 9.47 Å². The maximum Gasteiger partial charge on any atom is 0.409 e. The highest BCUT2D eigenvalue weighted by molar-refractivity contribution is 7.86. The number of ether oxygens (including phenoxy) is 2. The van der Waals surface area contributed by atoms with E-state index in [0.29, 0.717) is 71.9 Å². The molecule has 3 aliphatic rings. The summed E-state index contributed by atoms with van der Waals surface area (Å²) in [5.74, 6) is -0.00592. The lowest BCUT2D eigenvalue weighted by Crippen LogP contribution is -2.56. The first-order valence-electron chi connectivity index (χ1n) is 9.97. The molecule has 0 unspecified atom stereocenters. The zero-order valence-electron chi connectivity index (χ0n) is 16.4. The molecular formula is C17H30N4O6S. The quantitative estimate of drug-likeness (QED) is 0.615. The summed E-state index contributed by atoms with van der Waals surface area (Å²) in [5.41, 5.74) is 0. The molecule has 0 spiro atoms. The van der Waals surface area contributed by atoms with Gasteiger partial charge in [0.2, 0.25) is 5.91 Å². The standard InChI is InChI=1S/C17H30N4O6S/c1-2-27-17(23)19-7-9-21(10-8-19)28(24,25)20-5-3-15(4-6-20)16(22)18-11-13-26-14-12-18/h15H,2-14H2,1H3. The number of amides is 2. The number of piperidine rings is 1. The summed E-state index contributed by atoms with van der Waals surface area (Å²) in [6.45, 7) is 6.26. The number of piperazine rings is 1. The topological polar surface area (TPSA) is 99.7 Å². The third-order valence-electron chi connectivity index (χ3n) is 5.54. The van der Waals surface area contributed by atoms with Crippen LogP contribution < -0.4 is 0 Å². The highest BCUT2D eigenvalue weighted by Crippen LogP contribution is 2.24. The van der Waals surface area contributed by atoms with E-state index in [1.54, 1.807) is 6.92 Å². The molecule has 10 nitrogen and oxygen atoms in total. The van der Waals surface area contributed by atoms with Gasteiger partial charge in [0.05, 0.1) is 19.8 Å². The highest BCUT2D eigenvalue weighted by Gasteiger charge is 2.37. The smallest absolute Gasteiger partial charge is 0.409 e. The summed E-state index contributed by atoms with van der Waals surface area (Å²) >= 11 is 0. The predicted octanol–water partition coefficient (Wildman–Crippen LogP) is -0.424. The van der Waals surface area contributed by atoms with Gasteiger partial charge in [0.15, 0.2) is 0 Å². The van der Waals surface area contributed by atoms with Crippen molar-refractivity contribution in [1.29, 1.82) is 0 Å². The van der Waals surface area contributed by atoms with Crippen LogP contribution in [-0.2, 0) is 24.5 Å². The monoisotopic (exact) mass is 418 g/mol. The maximum absolute atomic E-state index is 12.9. The summed E-state index contributed by atoms with van der Waals surface area (Å²) in [4.78, 5) is 27.7. The fourth-order valence-electron chi connectivity index (χ4n) is 3.85. The van der Waals surface area contributed by atoms with Crippen molar-refractivity contribution in [3.05, 3.63) is 0 Å². The number of carbonyl (C=O) groups excluding carboxylic acids is 2. The van der Waals surface area contributed by atoms with E-state index < -0.39 is 16.3 Å². The van der Waals surface area contributed by atoms with Crippen molar-refractivity contribution in [1.82, 2.24) is 18.4 Å². The van der Waals surface area contributed by atoms with Crippen LogP contribution in [-0.4, -0.2) is 111 Å². The van der Waals surface area contributed by atoms with Crippen LogP contribution >= 0.6 is 0 Å². The fourth-order valence-corrected chi connectivity index (χ4v) is 5.48. The summed E-state index contributed by atoms with van der Waals surface area (Å²) in [6.07, 6.45) is 0.679. The number of morpholine rings is 1. The molecule has 28 heavy (non-hydrogen) atoms. The lowest BCUT2D eigenvalue weighted by Gasteiger charge is -2.39. The van der Waals surface area contributed by atoms with Crippen molar-refractivity contribution < 1.29 is 27.5 Å². The Morgan fingerprint density at radius 3 is 2.04 bits per heavy atom. The predicted molar refractivity (Wildman–Crippen MR) is 101 cm³/mol. The van der Waals surface area contributed by atoms with Crippen molar-refractivity contribution in [2.45, 2.75) is 19.8 Å². The van der Waals surface area contributed by atoms with Gasteiger partial charge in [0.1, 0.15) is 0 Å². The lowest BCUT2D eigenvalue weighted by molar-refractivity contribution is -0.140. The van der Waals surface area contributed by atoms with E-state index in [9.17, 15) is 18.0 Å². The Morgan fingerprint density at radius 1 is 0.893 bits per heavy atom. The van der Waals surface area contributed by atoms with Crippen LogP contribution in [0.25, 0.3) is 0 Å². The second-order valence-corrected chi connectivity index (χ2v) is 9.13. The number of rotatable bonds is 4.